The smallest absolute Gasteiger partial charge is 0.319 e. The third-order valence-corrected chi connectivity index (χ3v) is 5.78. The maximum atomic E-state index is 13.1. The van der Waals surface area contributed by atoms with Crippen LogP contribution in [-0.2, 0) is 4.79 Å². The first kappa shape index (κ1) is 21.3. The number of aromatic nitrogens is 2. The van der Waals surface area contributed by atoms with Gasteiger partial charge in [-0.25, -0.2) is 14.5 Å². The van der Waals surface area contributed by atoms with Crippen molar-refractivity contribution >= 4 is 39.2 Å². The van der Waals surface area contributed by atoms with Crippen LogP contribution in [0.25, 0.3) is 21.3 Å². The lowest BCUT2D eigenvalue weighted by molar-refractivity contribution is -0.117. The van der Waals surface area contributed by atoms with Crippen LogP contribution >= 0.6 is 11.3 Å². The average Bonchev–Trinajstić information content (AvgIpc) is 3.13. The lowest BCUT2D eigenvalue weighted by Gasteiger charge is -2.10. The SMILES string of the molecule is Cc1sc2ncn(NC(=O)CCNC(=O)Nc3ccccc3)c(=O)c2c1-c1ccccc1. The molecular weight excluding hydrogens is 426 g/mol. The minimum absolute atomic E-state index is 0.000887. The summed E-state index contributed by atoms with van der Waals surface area (Å²) < 4.78 is 1.09. The standard InChI is InChI=1S/C23H21N5O3S/c1-15-19(16-8-4-2-5-9-16)20-21(32-15)25-14-28(22(20)30)27-18(29)12-13-24-23(31)26-17-10-6-3-7-11-17/h2-11,14H,12-13H2,1H3,(H,27,29)(H2,24,26,31). The molecule has 0 radical (unpaired) electrons. The van der Waals surface area contributed by atoms with Gasteiger partial charge in [0.1, 0.15) is 11.2 Å². The Bertz CT molecular complexity index is 1320. The lowest BCUT2D eigenvalue weighted by Crippen LogP contribution is -2.36. The zero-order valence-electron chi connectivity index (χ0n) is 17.3. The summed E-state index contributed by atoms with van der Waals surface area (Å²) >= 11 is 1.44. The van der Waals surface area contributed by atoms with Gasteiger partial charge in [-0.2, -0.15) is 0 Å². The van der Waals surface area contributed by atoms with Gasteiger partial charge in [-0.05, 0) is 24.6 Å². The highest BCUT2D eigenvalue weighted by Gasteiger charge is 2.17. The van der Waals surface area contributed by atoms with Crippen molar-refractivity contribution < 1.29 is 9.59 Å². The number of para-hydroxylation sites is 1. The number of thiophene rings is 1. The molecule has 32 heavy (non-hydrogen) atoms. The second-order valence-electron chi connectivity index (χ2n) is 7.03. The number of fused-ring (bicyclic) bond motifs is 1. The van der Waals surface area contributed by atoms with Crippen molar-refractivity contribution in [3.05, 3.63) is 82.2 Å². The maximum absolute atomic E-state index is 13.1. The molecule has 0 bridgehead atoms. The molecule has 2 heterocycles. The number of hydrogen-bond donors (Lipinski definition) is 3. The topological polar surface area (TPSA) is 105 Å². The number of anilines is 1. The van der Waals surface area contributed by atoms with Crippen LogP contribution in [0.3, 0.4) is 0 Å². The van der Waals surface area contributed by atoms with Crippen LogP contribution in [0.5, 0.6) is 0 Å². The molecule has 0 aliphatic rings. The highest BCUT2D eigenvalue weighted by Crippen LogP contribution is 2.35. The van der Waals surface area contributed by atoms with Gasteiger partial charge < -0.3 is 10.6 Å². The number of amides is 3. The maximum Gasteiger partial charge on any atom is 0.319 e. The minimum atomic E-state index is -0.415. The fourth-order valence-electron chi connectivity index (χ4n) is 3.31. The monoisotopic (exact) mass is 447 g/mol. The van der Waals surface area contributed by atoms with E-state index in [0.29, 0.717) is 15.9 Å². The molecule has 0 saturated carbocycles. The molecule has 162 valence electrons. The molecule has 4 aromatic rings. The van der Waals surface area contributed by atoms with Crippen LogP contribution in [0.1, 0.15) is 11.3 Å². The third-order valence-electron chi connectivity index (χ3n) is 4.77. The van der Waals surface area contributed by atoms with Crippen LogP contribution in [-0.4, -0.2) is 28.1 Å². The van der Waals surface area contributed by atoms with E-state index in [4.69, 9.17) is 0 Å². The molecule has 2 aromatic heterocycles. The van der Waals surface area contributed by atoms with E-state index < -0.39 is 11.9 Å². The van der Waals surface area contributed by atoms with Crippen LogP contribution < -0.4 is 21.6 Å². The normalized spacial score (nSPS) is 10.7. The van der Waals surface area contributed by atoms with Crippen molar-refractivity contribution in [3.8, 4) is 11.1 Å². The van der Waals surface area contributed by atoms with E-state index in [2.05, 4.69) is 21.0 Å². The summed E-state index contributed by atoms with van der Waals surface area (Å²) in [6.45, 7) is 2.06. The van der Waals surface area contributed by atoms with Crippen LogP contribution in [0.15, 0.2) is 71.8 Å². The molecule has 0 aliphatic carbocycles. The fourth-order valence-corrected chi connectivity index (χ4v) is 4.31. The number of benzene rings is 2. The average molecular weight is 448 g/mol. The number of urea groups is 1. The highest BCUT2D eigenvalue weighted by molar-refractivity contribution is 7.19. The van der Waals surface area contributed by atoms with E-state index in [-0.39, 0.29) is 18.5 Å². The van der Waals surface area contributed by atoms with Crippen molar-refractivity contribution in [2.45, 2.75) is 13.3 Å². The molecule has 8 nitrogen and oxygen atoms in total. The zero-order chi connectivity index (χ0) is 22.5. The Balaban J connectivity index is 1.43. The zero-order valence-corrected chi connectivity index (χ0v) is 18.1. The number of aryl methyl sites for hydroxylation is 1. The van der Waals surface area contributed by atoms with Crippen LogP contribution in [0.2, 0.25) is 0 Å². The van der Waals surface area contributed by atoms with Gasteiger partial charge in [0, 0.05) is 29.1 Å². The number of rotatable bonds is 6. The molecule has 3 N–H and O–H groups in total. The highest BCUT2D eigenvalue weighted by atomic mass is 32.1. The van der Waals surface area contributed by atoms with Gasteiger partial charge in [-0.1, -0.05) is 48.5 Å². The number of carbonyl (C=O) groups excluding carboxylic acids is 2. The molecule has 3 amide bonds. The predicted molar refractivity (Wildman–Crippen MR) is 127 cm³/mol. The number of carbonyl (C=O) groups is 2. The summed E-state index contributed by atoms with van der Waals surface area (Å²) in [4.78, 5) is 43.3. The predicted octanol–water partition coefficient (Wildman–Crippen LogP) is 3.72. The van der Waals surface area contributed by atoms with Crippen molar-refractivity contribution in [1.82, 2.24) is 15.0 Å². The van der Waals surface area contributed by atoms with Crippen molar-refractivity contribution in [3.63, 3.8) is 0 Å². The van der Waals surface area contributed by atoms with Gasteiger partial charge in [-0.15, -0.1) is 11.3 Å². The van der Waals surface area contributed by atoms with Crippen molar-refractivity contribution in [2.75, 3.05) is 17.3 Å². The molecule has 0 spiro atoms. The van der Waals surface area contributed by atoms with Crippen LogP contribution in [0, 0.1) is 6.92 Å². The van der Waals surface area contributed by atoms with E-state index in [9.17, 15) is 14.4 Å². The summed E-state index contributed by atoms with van der Waals surface area (Å²) in [5.74, 6) is -0.415. The van der Waals surface area contributed by atoms with Crippen molar-refractivity contribution in [1.29, 1.82) is 0 Å². The van der Waals surface area contributed by atoms with Crippen LogP contribution in [0.4, 0.5) is 10.5 Å². The van der Waals surface area contributed by atoms with E-state index in [1.165, 1.54) is 17.7 Å². The third kappa shape index (κ3) is 4.68. The Morgan fingerprint density at radius 3 is 2.44 bits per heavy atom. The van der Waals surface area contributed by atoms with Gasteiger partial charge in [0.05, 0.1) is 5.39 Å². The Kier molecular flexibility index (Phi) is 6.27. The molecule has 9 heteroatoms. The second-order valence-corrected chi connectivity index (χ2v) is 8.23. The summed E-state index contributed by atoms with van der Waals surface area (Å²) in [5.41, 5.74) is 4.61. The van der Waals surface area contributed by atoms with Gasteiger partial charge in [0.25, 0.3) is 5.56 Å². The molecule has 0 saturated heterocycles. The lowest BCUT2D eigenvalue weighted by atomic mass is 10.0. The molecule has 0 unspecified atom stereocenters. The van der Waals surface area contributed by atoms with Gasteiger partial charge in [0.2, 0.25) is 5.91 Å². The summed E-state index contributed by atoms with van der Waals surface area (Å²) in [6.07, 6.45) is 1.31. The molecule has 2 aromatic carbocycles. The molecule has 0 atom stereocenters. The Morgan fingerprint density at radius 2 is 1.72 bits per heavy atom. The quantitative estimate of drug-likeness (QED) is 0.419. The van der Waals surface area contributed by atoms with Crippen molar-refractivity contribution in [2.24, 2.45) is 0 Å². The summed E-state index contributed by atoms with van der Waals surface area (Å²) in [6, 6.07) is 18.2. The molecule has 4 rings (SSSR count). The first-order valence-corrected chi connectivity index (χ1v) is 10.8. The first-order chi connectivity index (χ1) is 15.5. The minimum Gasteiger partial charge on any atom is -0.337 e. The molecular formula is C23H21N5O3S. The number of nitrogens with zero attached hydrogens (tertiary/aromatic N) is 2. The van der Waals surface area contributed by atoms with Gasteiger partial charge in [0.15, 0.2) is 0 Å². The van der Waals surface area contributed by atoms with E-state index >= 15 is 0 Å². The molecule has 0 aliphatic heterocycles. The Morgan fingerprint density at radius 1 is 1.03 bits per heavy atom. The van der Waals surface area contributed by atoms with E-state index in [1.807, 2.05) is 55.5 Å². The van der Waals surface area contributed by atoms with E-state index in [0.717, 1.165) is 20.7 Å². The summed E-state index contributed by atoms with van der Waals surface area (Å²) in [7, 11) is 0. The number of hydrogen-bond acceptors (Lipinski definition) is 5. The first-order valence-electron chi connectivity index (χ1n) is 9.99. The Hall–Kier alpha value is -3.98. The number of nitrogens with one attached hydrogen (secondary N) is 3. The summed E-state index contributed by atoms with van der Waals surface area (Å²) in [5, 5.41) is 5.76. The van der Waals surface area contributed by atoms with E-state index in [1.54, 1.807) is 12.1 Å². The van der Waals surface area contributed by atoms with Gasteiger partial charge in [-0.3, -0.25) is 15.0 Å². The Labute approximate surface area is 187 Å². The van der Waals surface area contributed by atoms with Gasteiger partial charge >= 0.3 is 6.03 Å². The fraction of sp³-hybridized carbons (Fsp3) is 0.130. The second kappa shape index (κ2) is 9.44. The molecule has 0 fully saturated rings. The largest absolute Gasteiger partial charge is 0.337 e.